The average Bonchev–Trinajstić information content (AvgIpc) is 2.89. The molecule has 1 aliphatic rings. The van der Waals surface area contributed by atoms with E-state index in [0.29, 0.717) is 12.2 Å². The third-order valence-corrected chi connectivity index (χ3v) is 4.85. The second-order valence-corrected chi connectivity index (χ2v) is 6.39. The van der Waals surface area contributed by atoms with Crippen molar-refractivity contribution < 1.29 is 13.2 Å². The number of aryl methyl sites for hydroxylation is 1. The van der Waals surface area contributed by atoms with Crippen LogP contribution >= 0.6 is 0 Å². The fourth-order valence-corrected chi connectivity index (χ4v) is 3.69. The molecule has 0 saturated carbocycles. The van der Waals surface area contributed by atoms with Crippen LogP contribution in [0.15, 0.2) is 48.5 Å². The summed E-state index contributed by atoms with van der Waals surface area (Å²) in [6.07, 6.45) is 0.564. The van der Waals surface area contributed by atoms with Gasteiger partial charge in [-0.1, -0.05) is 35.9 Å². The van der Waals surface area contributed by atoms with E-state index in [9.17, 15) is 9.00 Å². The molecule has 0 fully saturated rings. The van der Waals surface area contributed by atoms with Gasteiger partial charge in [0.25, 0.3) is 0 Å². The Hall–Kier alpha value is -2.14. The summed E-state index contributed by atoms with van der Waals surface area (Å²) < 4.78 is 19.7. The summed E-state index contributed by atoms with van der Waals surface area (Å²) in [7, 11) is 0. The number of carbonyl (C=O) groups excluding carboxylic acids is 1. The van der Waals surface area contributed by atoms with E-state index in [0.717, 1.165) is 16.8 Å². The largest absolute Gasteiger partial charge is 0.385 e. The highest BCUT2D eigenvalue weighted by molar-refractivity contribution is 7.82. The summed E-state index contributed by atoms with van der Waals surface area (Å²) in [5.41, 5.74) is 2.92. The zero-order valence-electron chi connectivity index (χ0n) is 12.5. The lowest BCUT2D eigenvalue weighted by atomic mass is 10.1. The van der Waals surface area contributed by atoms with Crippen LogP contribution in [0.2, 0.25) is 0 Å². The van der Waals surface area contributed by atoms with Crippen LogP contribution in [0.4, 0.5) is 5.69 Å². The van der Waals surface area contributed by atoms with Crippen molar-refractivity contribution in [2.45, 2.75) is 26.3 Å². The normalized spacial score (nSPS) is 17.9. The highest BCUT2D eigenvalue weighted by Gasteiger charge is 2.37. The number of nitrogens with zero attached hydrogens (tertiary/aromatic N) is 1. The third-order valence-electron chi connectivity index (χ3n) is 3.74. The van der Waals surface area contributed by atoms with Crippen LogP contribution in [-0.4, -0.2) is 16.0 Å². The van der Waals surface area contributed by atoms with Gasteiger partial charge in [-0.05, 0) is 37.6 Å². The van der Waals surface area contributed by atoms with Gasteiger partial charge in [-0.15, -0.1) is 0 Å². The van der Waals surface area contributed by atoms with Gasteiger partial charge >= 0.3 is 11.3 Å². The summed E-state index contributed by atoms with van der Waals surface area (Å²) in [5, 5.41) is 0. The number of rotatable bonds is 4. The van der Waals surface area contributed by atoms with Crippen molar-refractivity contribution in [3.63, 3.8) is 0 Å². The Bertz CT molecular complexity index is 727. The van der Waals surface area contributed by atoms with Crippen LogP contribution in [0.3, 0.4) is 0 Å². The van der Waals surface area contributed by atoms with E-state index in [-0.39, 0.29) is 5.78 Å². The van der Waals surface area contributed by atoms with Crippen LogP contribution < -0.4 is 8.49 Å². The first-order valence-corrected chi connectivity index (χ1v) is 8.14. The summed E-state index contributed by atoms with van der Waals surface area (Å²) in [6.45, 7) is 3.50. The van der Waals surface area contributed by atoms with Gasteiger partial charge in [0.05, 0.1) is 5.69 Å². The molecule has 0 radical (unpaired) electrons. The minimum Gasteiger partial charge on any atom is -0.385 e. The molecular formula is C17H17NO3S. The molecule has 0 amide bonds. The first-order chi connectivity index (χ1) is 10.6. The van der Waals surface area contributed by atoms with Crippen LogP contribution in [0.25, 0.3) is 0 Å². The highest BCUT2D eigenvalue weighted by atomic mass is 32.2. The van der Waals surface area contributed by atoms with E-state index in [4.69, 9.17) is 4.18 Å². The Balaban J connectivity index is 1.88. The van der Waals surface area contributed by atoms with E-state index in [1.54, 1.807) is 16.4 Å². The second-order valence-electron chi connectivity index (χ2n) is 5.40. The van der Waals surface area contributed by atoms with E-state index < -0.39 is 17.3 Å². The molecule has 0 aliphatic carbocycles. The molecule has 114 valence electrons. The first-order valence-electron chi connectivity index (χ1n) is 7.11. The monoisotopic (exact) mass is 315 g/mol. The van der Waals surface area contributed by atoms with E-state index >= 15 is 0 Å². The number of Topliss-reactive ketones (excluding diaryl/α,β-unsaturated/α-hetero) is 1. The Labute approximate surface area is 132 Å². The molecule has 1 heterocycles. The molecule has 0 bridgehead atoms. The number of carbonyl (C=O) groups is 1. The number of hydrogen-bond acceptors (Lipinski definition) is 3. The number of benzene rings is 2. The van der Waals surface area contributed by atoms with Gasteiger partial charge in [-0.25, -0.2) is 4.31 Å². The zero-order valence-corrected chi connectivity index (χ0v) is 13.3. The smallest absolute Gasteiger partial charge is 0.319 e. The Kier molecular flexibility index (Phi) is 3.98. The summed E-state index contributed by atoms with van der Waals surface area (Å²) in [5.74, 6) is 0.507. The van der Waals surface area contributed by atoms with E-state index in [2.05, 4.69) is 0 Å². The van der Waals surface area contributed by atoms with Crippen molar-refractivity contribution in [2.75, 3.05) is 4.31 Å². The second kappa shape index (κ2) is 5.93. The van der Waals surface area contributed by atoms with Gasteiger partial charge in [0.2, 0.25) is 0 Å². The number of para-hydroxylation sites is 1. The first kappa shape index (κ1) is 14.8. The molecule has 2 aromatic rings. The molecule has 5 heteroatoms. The Morgan fingerprint density at radius 3 is 2.55 bits per heavy atom. The molecule has 3 rings (SSSR count). The van der Waals surface area contributed by atoms with E-state index in [1.807, 2.05) is 43.3 Å². The quantitative estimate of drug-likeness (QED) is 0.871. The summed E-state index contributed by atoms with van der Waals surface area (Å²) >= 11 is -1.75. The van der Waals surface area contributed by atoms with Gasteiger partial charge < -0.3 is 4.18 Å². The highest BCUT2D eigenvalue weighted by Crippen LogP contribution is 2.34. The van der Waals surface area contributed by atoms with Crippen LogP contribution in [0.1, 0.15) is 18.1 Å². The minimum absolute atomic E-state index is 0.0166. The molecular weight excluding hydrogens is 298 g/mol. The predicted octanol–water partition coefficient (Wildman–Crippen LogP) is 2.97. The molecule has 22 heavy (non-hydrogen) atoms. The van der Waals surface area contributed by atoms with Gasteiger partial charge in [0, 0.05) is 6.42 Å². The Morgan fingerprint density at radius 2 is 1.86 bits per heavy atom. The third kappa shape index (κ3) is 2.76. The predicted molar refractivity (Wildman–Crippen MR) is 87.0 cm³/mol. The average molecular weight is 315 g/mol. The van der Waals surface area contributed by atoms with Crippen LogP contribution in [0.5, 0.6) is 5.75 Å². The minimum atomic E-state index is -1.75. The van der Waals surface area contributed by atoms with Crippen molar-refractivity contribution in [2.24, 2.45) is 0 Å². The maximum absolute atomic E-state index is 12.6. The topological polar surface area (TPSA) is 46.6 Å². The van der Waals surface area contributed by atoms with E-state index in [1.165, 1.54) is 6.92 Å². The van der Waals surface area contributed by atoms with Crippen LogP contribution in [0, 0.1) is 6.92 Å². The molecule has 2 atom stereocenters. The standard InChI is InChI=1S/C17H17NO3S/c1-12-7-9-15(10-8-12)21-22(20)18-16-6-4-3-5-14(16)11-17(18)13(2)19/h3-10,17H,11H2,1-2H3. The fraction of sp³-hybridized carbons (Fsp3) is 0.235. The molecule has 0 N–H and O–H groups in total. The van der Waals surface area contributed by atoms with Crippen molar-refractivity contribution in [1.82, 2.24) is 0 Å². The Morgan fingerprint density at radius 1 is 1.18 bits per heavy atom. The molecule has 0 saturated heterocycles. The molecule has 2 unspecified atom stereocenters. The van der Waals surface area contributed by atoms with Crippen molar-refractivity contribution in [3.8, 4) is 5.75 Å². The SMILES string of the molecule is CC(=O)C1Cc2ccccc2N1S(=O)Oc1ccc(C)cc1. The van der Waals surface area contributed by atoms with Crippen molar-refractivity contribution >= 4 is 22.7 Å². The number of anilines is 1. The molecule has 0 spiro atoms. The zero-order chi connectivity index (χ0) is 15.7. The van der Waals surface area contributed by atoms with Gasteiger partial charge in [-0.2, -0.15) is 4.21 Å². The molecule has 1 aliphatic heterocycles. The summed E-state index contributed by atoms with van der Waals surface area (Å²) in [4.78, 5) is 11.9. The number of ketones is 1. The van der Waals surface area contributed by atoms with Crippen molar-refractivity contribution in [1.29, 1.82) is 0 Å². The maximum atomic E-state index is 12.6. The molecule has 2 aromatic carbocycles. The fourth-order valence-electron chi connectivity index (χ4n) is 2.57. The summed E-state index contributed by atoms with van der Waals surface area (Å²) in [6, 6.07) is 14.5. The maximum Gasteiger partial charge on any atom is 0.319 e. The molecule has 0 aromatic heterocycles. The number of fused-ring (bicyclic) bond motifs is 1. The number of hydrogen-bond donors (Lipinski definition) is 0. The molecule has 4 nitrogen and oxygen atoms in total. The lowest BCUT2D eigenvalue weighted by Gasteiger charge is -2.23. The lowest BCUT2D eigenvalue weighted by molar-refractivity contribution is -0.117. The van der Waals surface area contributed by atoms with Gasteiger partial charge in [0.15, 0.2) is 5.78 Å². The van der Waals surface area contributed by atoms with Crippen LogP contribution in [-0.2, 0) is 22.5 Å². The lowest BCUT2D eigenvalue weighted by Crippen LogP contribution is -2.40. The van der Waals surface area contributed by atoms with Gasteiger partial charge in [0.1, 0.15) is 11.8 Å². The van der Waals surface area contributed by atoms with Gasteiger partial charge in [-0.3, -0.25) is 4.79 Å². The van der Waals surface area contributed by atoms with Crippen molar-refractivity contribution in [3.05, 3.63) is 59.7 Å².